The normalized spacial score (nSPS) is 14.1. The molecule has 0 aliphatic carbocycles. The Morgan fingerprint density at radius 1 is 0.643 bits per heavy atom. The summed E-state index contributed by atoms with van der Waals surface area (Å²) in [6.07, 6.45) is 10.9. The van der Waals surface area contributed by atoms with Gasteiger partial charge < -0.3 is 0 Å². The summed E-state index contributed by atoms with van der Waals surface area (Å²) in [5, 5.41) is 0. The van der Waals surface area contributed by atoms with Crippen molar-refractivity contribution < 1.29 is 0 Å². The maximum absolute atomic E-state index is 5.50. The highest BCUT2D eigenvalue weighted by Gasteiger charge is 2.11. The SMILES string of the molecule is CC(C)CCC[C@H](C)CCSc1sc(=S)sc1SCC[C@@H](C)CCCC(C)C. The van der Waals surface area contributed by atoms with Crippen molar-refractivity contribution in [2.75, 3.05) is 11.5 Å². The molecule has 0 saturated carbocycles. The molecule has 0 spiro atoms. The largest absolute Gasteiger partial charge is 0.145 e. The van der Waals surface area contributed by atoms with Gasteiger partial charge in [-0.3, -0.25) is 0 Å². The molecule has 0 fully saturated rings. The molecule has 2 atom stereocenters. The standard InChI is InChI=1S/C23H42S5/c1-17(2)9-7-11-19(5)13-15-25-21-22(28-23(24)27-21)26-16-14-20(6)12-8-10-18(3)4/h17-20H,7-16H2,1-6H3/t19-,20-/m0/s1. The minimum atomic E-state index is 0.845. The van der Waals surface area contributed by atoms with Crippen LogP contribution in [0.5, 0.6) is 0 Å². The fourth-order valence-electron chi connectivity index (χ4n) is 3.18. The third-order valence-electron chi connectivity index (χ3n) is 5.16. The van der Waals surface area contributed by atoms with Gasteiger partial charge in [-0.05, 0) is 48.0 Å². The van der Waals surface area contributed by atoms with Gasteiger partial charge in [-0.15, -0.1) is 46.2 Å². The first-order valence-corrected chi connectivity index (χ1v) is 15.2. The summed E-state index contributed by atoms with van der Waals surface area (Å²) in [6, 6.07) is 0. The molecule has 1 aromatic rings. The quantitative estimate of drug-likeness (QED) is 0.171. The molecule has 0 aliphatic heterocycles. The fourth-order valence-corrected chi connectivity index (χ4v) is 9.77. The fraction of sp³-hybridized carbons (Fsp3) is 0.870. The van der Waals surface area contributed by atoms with E-state index in [1.807, 2.05) is 22.7 Å². The van der Waals surface area contributed by atoms with Gasteiger partial charge in [0.25, 0.3) is 0 Å². The molecule has 0 N–H and O–H groups in total. The van der Waals surface area contributed by atoms with Gasteiger partial charge in [0.2, 0.25) is 0 Å². The molecular weight excluding hydrogens is 437 g/mol. The summed E-state index contributed by atoms with van der Waals surface area (Å²) in [5.74, 6) is 5.87. The van der Waals surface area contributed by atoms with E-state index in [2.05, 4.69) is 65.1 Å². The summed E-state index contributed by atoms with van der Waals surface area (Å²) < 4.78 is 4.07. The second-order valence-electron chi connectivity index (χ2n) is 9.16. The third-order valence-corrected chi connectivity index (χ3v) is 10.8. The van der Waals surface area contributed by atoms with Crippen LogP contribution in [0.25, 0.3) is 0 Å². The van der Waals surface area contributed by atoms with E-state index in [1.54, 1.807) is 0 Å². The Kier molecular flexibility index (Phi) is 15.2. The molecule has 1 heterocycles. The number of hydrogen-bond donors (Lipinski definition) is 0. The predicted octanol–water partition coefficient (Wildman–Crippen LogP) is 10.4. The van der Waals surface area contributed by atoms with Crippen molar-refractivity contribution in [1.82, 2.24) is 0 Å². The summed E-state index contributed by atoms with van der Waals surface area (Å²) in [4.78, 5) is 0. The van der Waals surface area contributed by atoms with Gasteiger partial charge >= 0.3 is 0 Å². The van der Waals surface area contributed by atoms with Crippen molar-refractivity contribution in [2.24, 2.45) is 23.7 Å². The minimum Gasteiger partial charge on any atom is -0.113 e. The van der Waals surface area contributed by atoms with Crippen molar-refractivity contribution in [3.05, 3.63) is 3.14 Å². The van der Waals surface area contributed by atoms with Crippen LogP contribution in [0.1, 0.15) is 92.9 Å². The van der Waals surface area contributed by atoms with E-state index >= 15 is 0 Å². The molecule has 5 heteroatoms. The molecule has 0 radical (unpaired) electrons. The maximum Gasteiger partial charge on any atom is 0.145 e. The molecule has 0 unspecified atom stereocenters. The Bertz CT molecular complexity index is 511. The lowest BCUT2D eigenvalue weighted by atomic mass is 9.98. The Hall–Kier alpha value is 0.970. The first kappa shape index (κ1) is 27.0. The van der Waals surface area contributed by atoms with Gasteiger partial charge in [-0.25, -0.2) is 0 Å². The maximum atomic E-state index is 5.50. The first-order valence-electron chi connectivity index (χ1n) is 11.2. The van der Waals surface area contributed by atoms with E-state index in [9.17, 15) is 0 Å². The van der Waals surface area contributed by atoms with Gasteiger partial charge in [0.1, 0.15) is 3.14 Å². The second kappa shape index (κ2) is 15.7. The van der Waals surface area contributed by atoms with E-state index in [-0.39, 0.29) is 0 Å². The molecule has 1 aromatic heterocycles. The van der Waals surface area contributed by atoms with Crippen LogP contribution >= 0.6 is 58.4 Å². The lowest BCUT2D eigenvalue weighted by molar-refractivity contribution is 0.451. The highest BCUT2D eigenvalue weighted by molar-refractivity contribution is 8.05. The van der Waals surface area contributed by atoms with Crippen LogP contribution in [0, 0.1) is 26.8 Å². The lowest BCUT2D eigenvalue weighted by Crippen LogP contribution is -1.98. The van der Waals surface area contributed by atoms with Crippen LogP contribution in [0.15, 0.2) is 8.42 Å². The van der Waals surface area contributed by atoms with Crippen molar-refractivity contribution >= 4 is 58.4 Å². The summed E-state index contributed by atoms with van der Waals surface area (Å²) in [7, 11) is 0. The molecule has 28 heavy (non-hydrogen) atoms. The van der Waals surface area contributed by atoms with Crippen molar-refractivity contribution in [3.63, 3.8) is 0 Å². The molecule has 164 valence electrons. The summed E-state index contributed by atoms with van der Waals surface area (Å²) >= 11 is 13.3. The van der Waals surface area contributed by atoms with Crippen LogP contribution in [0.4, 0.5) is 0 Å². The molecule has 0 aromatic carbocycles. The van der Waals surface area contributed by atoms with E-state index in [0.717, 1.165) is 26.8 Å². The topological polar surface area (TPSA) is 0 Å². The van der Waals surface area contributed by atoms with Crippen LogP contribution in [-0.4, -0.2) is 11.5 Å². The predicted molar refractivity (Wildman–Crippen MR) is 139 cm³/mol. The highest BCUT2D eigenvalue weighted by atomic mass is 32.2. The van der Waals surface area contributed by atoms with E-state index in [1.165, 1.54) is 71.3 Å². The van der Waals surface area contributed by atoms with Crippen LogP contribution in [-0.2, 0) is 0 Å². The molecule has 0 nitrogen and oxygen atoms in total. The number of hydrogen-bond acceptors (Lipinski definition) is 5. The average Bonchev–Trinajstić information content (AvgIpc) is 2.94. The Morgan fingerprint density at radius 3 is 1.39 bits per heavy atom. The van der Waals surface area contributed by atoms with Crippen LogP contribution < -0.4 is 0 Å². The first-order chi connectivity index (χ1) is 13.3. The zero-order valence-corrected chi connectivity index (χ0v) is 23.0. The van der Waals surface area contributed by atoms with Crippen molar-refractivity contribution in [1.29, 1.82) is 0 Å². The smallest absolute Gasteiger partial charge is 0.113 e. The van der Waals surface area contributed by atoms with Crippen LogP contribution in [0.2, 0.25) is 0 Å². The van der Waals surface area contributed by atoms with E-state index in [4.69, 9.17) is 12.2 Å². The Balaban J connectivity index is 2.29. The molecular formula is C23H42S5. The van der Waals surface area contributed by atoms with Crippen molar-refractivity contribution in [2.45, 2.75) is 101 Å². The average molecular weight is 479 g/mol. The Morgan fingerprint density at radius 2 is 1.04 bits per heavy atom. The van der Waals surface area contributed by atoms with Gasteiger partial charge in [0, 0.05) is 0 Å². The van der Waals surface area contributed by atoms with Gasteiger partial charge in [-0.1, -0.05) is 92.3 Å². The van der Waals surface area contributed by atoms with Gasteiger partial charge in [-0.2, -0.15) is 0 Å². The van der Waals surface area contributed by atoms with Gasteiger partial charge in [0.15, 0.2) is 0 Å². The zero-order chi connectivity index (χ0) is 20.9. The number of thioether (sulfide) groups is 2. The third kappa shape index (κ3) is 13.3. The highest BCUT2D eigenvalue weighted by Crippen LogP contribution is 2.41. The molecule has 0 saturated heterocycles. The van der Waals surface area contributed by atoms with Gasteiger partial charge in [0.05, 0.1) is 8.42 Å². The molecule has 0 aliphatic rings. The number of rotatable bonds is 16. The van der Waals surface area contributed by atoms with E-state index in [0.29, 0.717) is 0 Å². The lowest BCUT2D eigenvalue weighted by Gasteiger charge is -2.12. The molecule has 0 bridgehead atoms. The zero-order valence-electron chi connectivity index (χ0n) is 18.9. The second-order valence-corrected chi connectivity index (χ2v) is 15.1. The Labute approximate surface area is 197 Å². The summed E-state index contributed by atoms with van der Waals surface area (Å²) in [5.41, 5.74) is 0. The minimum absolute atomic E-state index is 0.845. The molecule has 0 amide bonds. The van der Waals surface area contributed by atoms with Crippen molar-refractivity contribution in [3.8, 4) is 0 Å². The van der Waals surface area contributed by atoms with E-state index < -0.39 is 0 Å². The summed E-state index contributed by atoms with van der Waals surface area (Å²) in [6.45, 7) is 14.2. The monoisotopic (exact) mass is 478 g/mol. The molecule has 1 rings (SSSR count). The van der Waals surface area contributed by atoms with Crippen LogP contribution in [0.3, 0.4) is 0 Å².